The summed E-state index contributed by atoms with van der Waals surface area (Å²) in [6.45, 7) is 3.53. The molecule has 0 unspecified atom stereocenters. The Morgan fingerprint density at radius 3 is 2.75 bits per heavy atom. The van der Waals surface area contributed by atoms with Crippen LogP contribution in [-0.4, -0.2) is 32.4 Å². The predicted octanol–water partition coefficient (Wildman–Crippen LogP) is 3.45. The lowest BCUT2D eigenvalue weighted by Crippen LogP contribution is -2.19. The second-order valence-corrected chi connectivity index (χ2v) is 7.46. The molecule has 0 saturated carbocycles. The van der Waals surface area contributed by atoms with Crippen LogP contribution >= 0.6 is 0 Å². The monoisotopic (exact) mass is 374 g/mol. The summed E-state index contributed by atoms with van der Waals surface area (Å²) in [5.74, 6) is 0.377. The molecular formula is C22H22N4O2. The van der Waals surface area contributed by atoms with E-state index in [1.54, 1.807) is 10.8 Å². The van der Waals surface area contributed by atoms with E-state index in [1.807, 2.05) is 36.7 Å². The Morgan fingerprint density at radius 1 is 1.14 bits per heavy atom. The number of hydrogen-bond donors (Lipinski definition) is 0. The molecule has 6 heteroatoms. The molecule has 3 aromatic heterocycles. The molecule has 0 aliphatic carbocycles. The van der Waals surface area contributed by atoms with Crippen molar-refractivity contribution in [3.8, 4) is 11.1 Å². The zero-order valence-corrected chi connectivity index (χ0v) is 16.1. The van der Waals surface area contributed by atoms with Crippen molar-refractivity contribution in [2.24, 2.45) is 7.05 Å². The van der Waals surface area contributed by atoms with E-state index in [4.69, 9.17) is 9.84 Å². The van der Waals surface area contributed by atoms with Crippen LogP contribution in [0.3, 0.4) is 0 Å². The Morgan fingerprint density at radius 2 is 1.96 bits per heavy atom. The summed E-state index contributed by atoms with van der Waals surface area (Å²) in [5.41, 5.74) is 5.75. The first kappa shape index (κ1) is 17.1. The zero-order valence-electron chi connectivity index (χ0n) is 16.1. The fourth-order valence-electron chi connectivity index (χ4n) is 4.13. The van der Waals surface area contributed by atoms with Crippen LogP contribution in [0.5, 0.6) is 0 Å². The maximum atomic E-state index is 12.9. The molecular weight excluding hydrogens is 352 g/mol. The van der Waals surface area contributed by atoms with Crippen molar-refractivity contribution in [2.75, 3.05) is 13.2 Å². The van der Waals surface area contributed by atoms with Gasteiger partial charge in [-0.25, -0.2) is 4.52 Å². The molecule has 1 fully saturated rings. The van der Waals surface area contributed by atoms with Gasteiger partial charge in [-0.15, -0.1) is 0 Å². The van der Waals surface area contributed by atoms with E-state index in [-0.39, 0.29) is 5.56 Å². The van der Waals surface area contributed by atoms with Crippen molar-refractivity contribution in [1.82, 2.24) is 19.2 Å². The minimum atomic E-state index is -0.00427. The zero-order chi connectivity index (χ0) is 19.3. The average molecular weight is 374 g/mol. The van der Waals surface area contributed by atoms with E-state index in [0.717, 1.165) is 59.7 Å². The lowest BCUT2D eigenvalue weighted by atomic mass is 9.97. The molecule has 0 radical (unpaired) electrons. The fourth-order valence-corrected chi connectivity index (χ4v) is 4.13. The van der Waals surface area contributed by atoms with E-state index >= 15 is 0 Å². The third-order valence-corrected chi connectivity index (χ3v) is 5.77. The van der Waals surface area contributed by atoms with Crippen LogP contribution in [0.2, 0.25) is 0 Å². The van der Waals surface area contributed by atoms with Gasteiger partial charge in [0.2, 0.25) is 0 Å². The maximum absolute atomic E-state index is 12.9. The Labute approximate surface area is 162 Å². The molecule has 0 bridgehead atoms. The minimum Gasteiger partial charge on any atom is -0.381 e. The van der Waals surface area contributed by atoms with Gasteiger partial charge in [0.05, 0.1) is 16.6 Å². The smallest absolute Gasteiger partial charge is 0.261 e. The molecule has 1 aliphatic heterocycles. The topological polar surface area (TPSA) is 61.4 Å². The second kappa shape index (κ2) is 6.56. The largest absolute Gasteiger partial charge is 0.381 e. The van der Waals surface area contributed by atoms with Crippen molar-refractivity contribution in [1.29, 1.82) is 0 Å². The van der Waals surface area contributed by atoms with Crippen molar-refractivity contribution in [3.63, 3.8) is 0 Å². The SMILES string of the molecule is Cc1ncccc1-c1ccc2c(=O)n(C)c3cc(C4CCOCC4)nn3c2c1. The molecule has 142 valence electrons. The summed E-state index contributed by atoms with van der Waals surface area (Å²) in [5, 5.41) is 5.58. The highest BCUT2D eigenvalue weighted by atomic mass is 16.5. The number of nitrogens with zero attached hydrogens (tertiary/aromatic N) is 4. The summed E-state index contributed by atoms with van der Waals surface area (Å²) >= 11 is 0. The molecule has 5 rings (SSSR count). The summed E-state index contributed by atoms with van der Waals surface area (Å²) in [6, 6.07) is 12.0. The Balaban J connectivity index is 1.76. The average Bonchev–Trinajstić information content (AvgIpc) is 3.19. The van der Waals surface area contributed by atoms with Gasteiger partial charge in [-0.2, -0.15) is 5.10 Å². The third-order valence-electron chi connectivity index (χ3n) is 5.77. The highest BCUT2D eigenvalue weighted by Crippen LogP contribution is 2.29. The van der Waals surface area contributed by atoms with Crippen LogP contribution in [0.25, 0.3) is 27.7 Å². The number of fused-ring (bicyclic) bond motifs is 3. The first-order chi connectivity index (χ1) is 13.6. The highest BCUT2D eigenvalue weighted by Gasteiger charge is 2.21. The molecule has 4 heterocycles. The number of aromatic nitrogens is 4. The van der Waals surface area contributed by atoms with Crippen LogP contribution < -0.4 is 5.56 Å². The number of benzene rings is 1. The third kappa shape index (κ3) is 2.64. The normalized spacial score (nSPS) is 15.5. The second-order valence-electron chi connectivity index (χ2n) is 7.46. The van der Waals surface area contributed by atoms with Crippen LogP contribution in [0.15, 0.2) is 47.4 Å². The lowest BCUT2D eigenvalue weighted by molar-refractivity contribution is 0.0844. The predicted molar refractivity (Wildman–Crippen MR) is 109 cm³/mol. The molecule has 6 nitrogen and oxygen atoms in total. The van der Waals surface area contributed by atoms with Crippen LogP contribution in [0.4, 0.5) is 0 Å². The van der Waals surface area contributed by atoms with Gasteiger partial charge in [-0.3, -0.25) is 14.3 Å². The fraction of sp³-hybridized carbons (Fsp3) is 0.318. The van der Waals surface area contributed by atoms with E-state index in [0.29, 0.717) is 11.3 Å². The molecule has 0 spiro atoms. The van der Waals surface area contributed by atoms with E-state index in [1.165, 1.54) is 0 Å². The van der Waals surface area contributed by atoms with Crippen molar-refractivity contribution in [2.45, 2.75) is 25.7 Å². The van der Waals surface area contributed by atoms with Gasteiger partial charge in [0.1, 0.15) is 5.65 Å². The first-order valence-corrected chi connectivity index (χ1v) is 9.65. The summed E-state index contributed by atoms with van der Waals surface area (Å²) in [4.78, 5) is 17.3. The molecule has 0 atom stereocenters. The van der Waals surface area contributed by atoms with Crippen molar-refractivity contribution >= 4 is 16.6 Å². The van der Waals surface area contributed by atoms with Gasteiger partial charge < -0.3 is 4.74 Å². The van der Waals surface area contributed by atoms with E-state index in [2.05, 4.69) is 23.2 Å². The molecule has 1 aliphatic rings. The molecule has 0 N–H and O–H groups in total. The molecule has 28 heavy (non-hydrogen) atoms. The van der Waals surface area contributed by atoms with Crippen molar-refractivity contribution in [3.05, 3.63) is 64.3 Å². The molecule has 0 amide bonds. The van der Waals surface area contributed by atoms with Crippen LogP contribution in [0, 0.1) is 6.92 Å². The molecule has 1 saturated heterocycles. The first-order valence-electron chi connectivity index (χ1n) is 9.65. The van der Waals surface area contributed by atoms with Gasteiger partial charge in [-0.05, 0) is 43.5 Å². The van der Waals surface area contributed by atoms with E-state index < -0.39 is 0 Å². The highest BCUT2D eigenvalue weighted by molar-refractivity contribution is 5.86. The van der Waals surface area contributed by atoms with Gasteiger partial charge in [0.25, 0.3) is 5.56 Å². The molecule has 4 aromatic rings. The minimum absolute atomic E-state index is 0.00427. The Bertz CT molecular complexity index is 1250. The van der Waals surface area contributed by atoms with Gasteiger partial charge in [0, 0.05) is 49.7 Å². The number of hydrogen-bond acceptors (Lipinski definition) is 4. The number of pyridine rings is 1. The molecule has 1 aromatic carbocycles. The number of rotatable bonds is 2. The van der Waals surface area contributed by atoms with E-state index in [9.17, 15) is 4.79 Å². The number of ether oxygens (including phenoxy) is 1. The lowest BCUT2D eigenvalue weighted by Gasteiger charge is -2.19. The summed E-state index contributed by atoms with van der Waals surface area (Å²) in [7, 11) is 1.81. The van der Waals surface area contributed by atoms with Gasteiger partial charge >= 0.3 is 0 Å². The maximum Gasteiger partial charge on any atom is 0.261 e. The van der Waals surface area contributed by atoms with Crippen LogP contribution in [-0.2, 0) is 11.8 Å². The Hall–Kier alpha value is -2.99. The number of aryl methyl sites for hydroxylation is 2. The quantitative estimate of drug-likeness (QED) is 0.539. The summed E-state index contributed by atoms with van der Waals surface area (Å²) < 4.78 is 9.09. The van der Waals surface area contributed by atoms with Gasteiger partial charge in [-0.1, -0.05) is 12.1 Å². The Kier molecular flexibility index (Phi) is 4.02. The standard InChI is InChI=1S/C22H22N4O2/c1-14-17(4-3-9-23-14)16-5-6-18-20(12-16)26-21(25(2)22(18)27)13-19(24-26)15-7-10-28-11-8-15/h3-6,9,12-13,15H,7-8,10-11H2,1-2H3. The van der Waals surface area contributed by atoms with Gasteiger partial charge in [0.15, 0.2) is 0 Å². The van der Waals surface area contributed by atoms with Crippen LogP contribution in [0.1, 0.15) is 30.1 Å². The summed E-state index contributed by atoms with van der Waals surface area (Å²) in [6.07, 6.45) is 3.73. The van der Waals surface area contributed by atoms with Crippen molar-refractivity contribution < 1.29 is 4.74 Å².